The molecule has 2 fully saturated rings. The Kier molecular flexibility index (Phi) is 2.30. The van der Waals surface area contributed by atoms with E-state index < -0.39 is 5.97 Å². The standard InChI is InChI=1S/C11H19NO2/c1-11(7-9(11)10(13)14)8-3-5-12(2)6-4-8/h8-9H,3-7H2,1-2H3,(H,13,14). The number of nitrogens with zero attached hydrogens (tertiary/aromatic N) is 1. The minimum Gasteiger partial charge on any atom is -0.481 e. The summed E-state index contributed by atoms with van der Waals surface area (Å²) in [5.41, 5.74) is 0.118. The molecule has 1 saturated heterocycles. The average molecular weight is 197 g/mol. The third-order valence-corrected chi connectivity index (χ3v) is 4.23. The predicted molar refractivity (Wildman–Crippen MR) is 54.1 cm³/mol. The largest absolute Gasteiger partial charge is 0.481 e. The summed E-state index contributed by atoms with van der Waals surface area (Å²) in [6.45, 7) is 4.42. The Balaban J connectivity index is 1.94. The molecule has 3 nitrogen and oxygen atoms in total. The molecule has 0 aromatic rings. The summed E-state index contributed by atoms with van der Waals surface area (Å²) in [6.07, 6.45) is 3.25. The SMILES string of the molecule is CN1CCC(C2(C)CC2C(=O)O)CC1. The second-order valence-electron chi connectivity index (χ2n) is 5.18. The minimum absolute atomic E-state index is 0.0593. The van der Waals surface area contributed by atoms with Crippen LogP contribution in [0.2, 0.25) is 0 Å². The van der Waals surface area contributed by atoms with Crippen molar-refractivity contribution in [3.63, 3.8) is 0 Å². The van der Waals surface area contributed by atoms with Crippen LogP contribution in [-0.4, -0.2) is 36.1 Å². The first-order chi connectivity index (χ1) is 6.54. The van der Waals surface area contributed by atoms with Gasteiger partial charge in [0.1, 0.15) is 0 Å². The van der Waals surface area contributed by atoms with E-state index in [2.05, 4.69) is 18.9 Å². The molecule has 0 radical (unpaired) electrons. The predicted octanol–water partition coefficient (Wildman–Crippen LogP) is 1.44. The van der Waals surface area contributed by atoms with Crippen LogP contribution < -0.4 is 0 Å². The molecule has 1 aliphatic carbocycles. The summed E-state index contributed by atoms with van der Waals surface area (Å²) >= 11 is 0. The van der Waals surface area contributed by atoms with Gasteiger partial charge in [-0.3, -0.25) is 4.79 Å². The Bertz CT molecular complexity index is 246. The van der Waals surface area contributed by atoms with Gasteiger partial charge in [-0.05, 0) is 50.7 Å². The summed E-state index contributed by atoms with van der Waals surface area (Å²) in [7, 11) is 2.14. The topological polar surface area (TPSA) is 40.5 Å². The first-order valence-electron chi connectivity index (χ1n) is 5.45. The number of hydrogen-bond acceptors (Lipinski definition) is 2. The van der Waals surface area contributed by atoms with Crippen molar-refractivity contribution in [3.05, 3.63) is 0 Å². The molecule has 2 unspecified atom stereocenters. The third-order valence-electron chi connectivity index (χ3n) is 4.23. The van der Waals surface area contributed by atoms with Crippen LogP contribution in [0.25, 0.3) is 0 Å². The van der Waals surface area contributed by atoms with Crippen LogP contribution >= 0.6 is 0 Å². The van der Waals surface area contributed by atoms with Crippen LogP contribution in [0.4, 0.5) is 0 Å². The highest BCUT2D eigenvalue weighted by Crippen LogP contribution is 2.60. The Morgan fingerprint density at radius 3 is 2.43 bits per heavy atom. The lowest BCUT2D eigenvalue weighted by atomic mass is 9.81. The van der Waals surface area contributed by atoms with Crippen molar-refractivity contribution in [2.75, 3.05) is 20.1 Å². The average Bonchev–Trinajstić information content (AvgIpc) is 2.80. The lowest BCUT2D eigenvalue weighted by molar-refractivity contribution is -0.139. The van der Waals surface area contributed by atoms with E-state index in [0.29, 0.717) is 5.92 Å². The molecule has 1 heterocycles. The smallest absolute Gasteiger partial charge is 0.307 e. The molecule has 14 heavy (non-hydrogen) atoms. The van der Waals surface area contributed by atoms with Crippen LogP contribution in [0.15, 0.2) is 0 Å². The van der Waals surface area contributed by atoms with Crippen molar-refractivity contribution >= 4 is 5.97 Å². The van der Waals surface area contributed by atoms with Crippen molar-refractivity contribution in [2.24, 2.45) is 17.3 Å². The molecule has 2 aliphatic rings. The Labute approximate surface area is 85.1 Å². The van der Waals surface area contributed by atoms with Gasteiger partial charge in [0.25, 0.3) is 0 Å². The number of hydrogen-bond donors (Lipinski definition) is 1. The Morgan fingerprint density at radius 2 is 2.00 bits per heavy atom. The molecule has 80 valence electrons. The molecule has 0 aromatic carbocycles. The van der Waals surface area contributed by atoms with Gasteiger partial charge < -0.3 is 10.0 Å². The number of rotatable bonds is 2. The highest BCUT2D eigenvalue weighted by Gasteiger charge is 2.58. The molecule has 0 spiro atoms. The molecule has 1 N–H and O–H groups in total. The van der Waals surface area contributed by atoms with E-state index >= 15 is 0 Å². The summed E-state index contributed by atoms with van der Waals surface area (Å²) < 4.78 is 0. The summed E-state index contributed by atoms with van der Waals surface area (Å²) in [6, 6.07) is 0. The molecule has 1 saturated carbocycles. The number of carboxylic acid groups (broad SMARTS) is 1. The van der Waals surface area contributed by atoms with E-state index in [0.717, 1.165) is 19.5 Å². The fourth-order valence-corrected chi connectivity index (χ4v) is 2.87. The number of piperidine rings is 1. The van der Waals surface area contributed by atoms with Crippen molar-refractivity contribution in [2.45, 2.75) is 26.2 Å². The first-order valence-corrected chi connectivity index (χ1v) is 5.45. The fraction of sp³-hybridized carbons (Fsp3) is 0.909. The van der Waals surface area contributed by atoms with E-state index in [-0.39, 0.29) is 11.3 Å². The normalized spacial score (nSPS) is 39.7. The fourth-order valence-electron chi connectivity index (χ4n) is 2.87. The zero-order valence-electron chi connectivity index (χ0n) is 8.99. The maximum atomic E-state index is 10.9. The number of carbonyl (C=O) groups is 1. The van der Waals surface area contributed by atoms with E-state index in [9.17, 15) is 4.79 Å². The van der Waals surface area contributed by atoms with Crippen LogP contribution in [0.3, 0.4) is 0 Å². The molecule has 3 heteroatoms. The van der Waals surface area contributed by atoms with Crippen LogP contribution in [-0.2, 0) is 4.79 Å². The van der Waals surface area contributed by atoms with Crippen molar-refractivity contribution in [1.82, 2.24) is 4.90 Å². The Morgan fingerprint density at radius 1 is 1.43 bits per heavy atom. The number of likely N-dealkylation sites (tertiary alicyclic amines) is 1. The van der Waals surface area contributed by atoms with Crippen molar-refractivity contribution in [3.8, 4) is 0 Å². The number of aliphatic carboxylic acids is 1. The zero-order valence-corrected chi connectivity index (χ0v) is 8.99. The van der Waals surface area contributed by atoms with Crippen molar-refractivity contribution in [1.29, 1.82) is 0 Å². The lowest BCUT2D eigenvalue weighted by Crippen LogP contribution is -2.34. The van der Waals surface area contributed by atoms with E-state index in [1.165, 1.54) is 12.8 Å². The molecule has 0 aromatic heterocycles. The van der Waals surface area contributed by atoms with Gasteiger partial charge in [0, 0.05) is 0 Å². The van der Waals surface area contributed by atoms with Gasteiger partial charge in [-0.2, -0.15) is 0 Å². The van der Waals surface area contributed by atoms with Crippen LogP contribution in [0.5, 0.6) is 0 Å². The quantitative estimate of drug-likeness (QED) is 0.728. The molecule has 0 amide bonds. The van der Waals surface area contributed by atoms with E-state index in [1.54, 1.807) is 0 Å². The monoisotopic (exact) mass is 197 g/mol. The molecule has 2 atom stereocenters. The summed E-state index contributed by atoms with van der Waals surface area (Å²) in [4.78, 5) is 13.2. The lowest BCUT2D eigenvalue weighted by Gasteiger charge is -2.33. The minimum atomic E-state index is -0.591. The van der Waals surface area contributed by atoms with Gasteiger partial charge in [-0.1, -0.05) is 6.92 Å². The molecule has 0 bridgehead atoms. The summed E-state index contributed by atoms with van der Waals surface area (Å²) in [5, 5.41) is 8.96. The molecule has 1 aliphatic heterocycles. The first kappa shape index (κ1) is 9.97. The van der Waals surface area contributed by atoms with E-state index in [4.69, 9.17) is 5.11 Å². The zero-order chi connectivity index (χ0) is 10.3. The van der Waals surface area contributed by atoms with Gasteiger partial charge in [0.15, 0.2) is 0 Å². The molecular formula is C11H19NO2. The van der Waals surface area contributed by atoms with Gasteiger partial charge in [0.05, 0.1) is 5.92 Å². The van der Waals surface area contributed by atoms with Gasteiger partial charge in [-0.25, -0.2) is 0 Å². The highest BCUT2D eigenvalue weighted by atomic mass is 16.4. The summed E-state index contributed by atoms with van der Waals surface area (Å²) in [5.74, 6) is -0.0119. The van der Waals surface area contributed by atoms with E-state index in [1.807, 2.05) is 0 Å². The van der Waals surface area contributed by atoms with Crippen molar-refractivity contribution < 1.29 is 9.90 Å². The third kappa shape index (κ3) is 1.54. The van der Waals surface area contributed by atoms with Gasteiger partial charge in [-0.15, -0.1) is 0 Å². The second kappa shape index (κ2) is 3.23. The van der Waals surface area contributed by atoms with Crippen LogP contribution in [0, 0.1) is 17.3 Å². The van der Waals surface area contributed by atoms with Gasteiger partial charge >= 0.3 is 5.97 Å². The van der Waals surface area contributed by atoms with Crippen LogP contribution in [0.1, 0.15) is 26.2 Å². The number of carboxylic acids is 1. The van der Waals surface area contributed by atoms with Gasteiger partial charge in [0.2, 0.25) is 0 Å². The maximum Gasteiger partial charge on any atom is 0.307 e. The Hall–Kier alpha value is -0.570. The molecule has 2 rings (SSSR count). The maximum absolute atomic E-state index is 10.9. The highest BCUT2D eigenvalue weighted by molar-refractivity contribution is 5.74. The molecular weight excluding hydrogens is 178 g/mol. The second-order valence-corrected chi connectivity index (χ2v) is 5.18.